The minimum absolute atomic E-state index is 0.169. The molecule has 0 spiro atoms. The molecule has 6 nitrogen and oxygen atoms in total. The van der Waals surface area contributed by atoms with Crippen molar-refractivity contribution in [2.24, 2.45) is 0 Å². The first-order valence-electron chi connectivity index (χ1n) is 6.43. The molecule has 1 aromatic heterocycles. The van der Waals surface area contributed by atoms with Gasteiger partial charge in [0.25, 0.3) is 0 Å². The van der Waals surface area contributed by atoms with E-state index in [1.165, 1.54) is 0 Å². The Hall–Kier alpha value is -1.56. The molecule has 0 aromatic carbocycles. The van der Waals surface area contributed by atoms with Gasteiger partial charge in [0, 0.05) is 19.1 Å². The molecule has 108 valence electrons. The number of anilines is 2. The lowest BCUT2D eigenvalue weighted by Crippen LogP contribution is -2.20. The molecular formula is C13H24N4O2. The number of hydrogen-bond acceptors (Lipinski definition) is 6. The van der Waals surface area contributed by atoms with Crippen LogP contribution in [0.3, 0.4) is 0 Å². The van der Waals surface area contributed by atoms with E-state index in [0.717, 1.165) is 0 Å². The van der Waals surface area contributed by atoms with Crippen LogP contribution >= 0.6 is 0 Å². The maximum absolute atomic E-state index is 6.01. The van der Waals surface area contributed by atoms with Gasteiger partial charge in [0.15, 0.2) is 5.82 Å². The first kappa shape index (κ1) is 15.5. The van der Waals surface area contributed by atoms with E-state index >= 15 is 0 Å². The summed E-state index contributed by atoms with van der Waals surface area (Å²) >= 11 is 0. The summed E-state index contributed by atoms with van der Waals surface area (Å²) in [5.41, 5.74) is 6.28. The predicted molar refractivity (Wildman–Crippen MR) is 76.7 cm³/mol. The molecule has 19 heavy (non-hydrogen) atoms. The Morgan fingerprint density at radius 2 is 1.95 bits per heavy atom. The zero-order valence-corrected chi connectivity index (χ0v) is 12.4. The van der Waals surface area contributed by atoms with Gasteiger partial charge in [-0.2, -0.15) is 4.98 Å². The van der Waals surface area contributed by atoms with Crippen molar-refractivity contribution in [2.45, 2.75) is 33.1 Å². The lowest BCUT2D eigenvalue weighted by Gasteiger charge is -2.20. The molecule has 0 saturated heterocycles. The predicted octanol–water partition coefficient (Wildman–Crippen LogP) is 1.81. The molecular weight excluding hydrogens is 244 g/mol. The smallest absolute Gasteiger partial charge is 0.242 e. The van der Waals surface area contributed by atoms with Gasteiger partial charge in [-0.3, -0.25) is 0 Å². The summed E-state index contributed by atoms with van der Waals surface area (Å²) in [6, 6.07) is 0. The van der Waals surface area contributed by atoms with E-state index in [1.807, 2.05) is 27.7 Å². The molecule has 0 amide bonds. The van der Waals surface area contributed by atoms with Crippen molar-refractivity contribution >= 4 is 11.5 Å². The number of nitrogens with one attached hydrogen (secondary N) is 1. The summed E-state index contributed by atoms with van der Waals surface area (Å²) in [5.74, 6) is 1.73. The summed E-state index contributed by atoms with van der Waals surface area (Å²) in [7, 11) is 1.65. The number of ether oxygens (including phenoxy) is 2. The number of nitrogen functional groups attached to an aromatic ring is 1. The highest BCUT2D eigenvalue weighted by Crippen LogP contribution is 2.30. The van der Waals surface area contributed by atoms with Gasteiger partial charge < -0.3 is 20.5 Å². The molecule has 3 N–H and O–H groups in total. The van der Waals surface area contributed by atoms with Gasteiger partial charge in [-0.1, -0.05) is 20.8 Å². The minimum Gasteiger partial charge on any atom is -0.476 e. The standard InChI is InChI=1S/C13H24N4O2/c1-6-19-11-9(14)10(15-7-8-18-5)16-12(17-11)13(2,3)4/h6-8,14H2,1-5H3,(H,15,16,17). The summed E-state index contributed by atoms with van der Waals surface area (Å²) in [5, 5.41) is 3.14. The minimum atomic E-state index is -0.169. The largest absolute Gasteiger partial charge is 0.476 e. The van der Waals surface area contributed by atoms with Crippen molar-refractivity contribution < 1.29 is 9.47 Å². The van der Waals surface area contributed by atoms with Crippen molar-refractivity contribution in [3.8, 4) is 5.88 Å². The molecule has 1 aromatic rings. The number of aromatic nitrogens is 2. The first-order valence-corrected chi connectivity index (χ1v) is 6.43. The van der Waals surface area contributed by atoms with E-state index in [2.05, 4.69) is 15.3 Å². The van der Waals surface area contributed by atoms with Crippen LogP contribution in [0.15, 0.2) is 0 Å². The summed E-state index contributed by atoms with van der Waals surface area (Å²) in [6.07, 6.45) is 0. The molecule has 6 heteroatoms. The zero-order valence-electron chi connectivity index (χ0n) is 12.4. The maximum atomic E-state index is 6.01. The van der Waals surface area contributed by atoms with Gasteiger partial charge in [0.05, 0.1) is 13.2 Å². The molecule has 0 fully saturated rings. The summed E-state index contributed by atoms with van der Waals surface area (Å²) in [4.78, 5) is 8.87. The average molecular weight is 268 g/mol. The van der Waals surface area contributed by atoms with E-state index in [4.69, 9.17) is 15.2 Å². The van der Waals surface area contributed by atoms with Crippen molar-refractivity contribution in [2.75, 3.05) is 37.9 Å². The maximum Gasteiger partial charge on any atom is 0.242 e. The van der Waals surface area contributed by atoms with E-state index < -0.39 is 0 Å². The molecule has 0 aliphatic carbocycles. The molecule has 0 bridgehead atoms. The van der Waals surface area contributed by atoms with Gasteiger partial charge >= 0.3 is 0 Å². The third kappa shape index (κ3) is 4.24. The van der Waals surface area contributed by atoms with E-state index in [1.54, 1.807) is 7.11 Å². The Morgan fingerprint density at radius 1 is 1.26 bits per heavy atom. The second-order valence-corrected chi connectivity index (χ2v) is 5.22. The number of hydrogen-bond donors (Lipinski definition) is 2. The van der Waals surface area contributed by atoms with E-state index in [-0.39, 0.29) is 5.41 Å². The summed E-state index contributed by atoms with van der Waals surface area (Å²) < 4.78 is 10.5. The van der Waals surface area contributed by atoms with Crippen molar-refractivity contribution in [3.05, 3.63) is 5.82 Å². The Labute approximate surface area is 114 Å². The zero-order chi connectivity index (χ0) is 14.5. The van der Waals surface area contributed by atoms with Crippen LogP contribution in [0.5, 0.6) is 5.88 Å². The molecule has 1 rings (SSSR count). The first-order chi connectivity index (χ1) is 8.90. The molecule has 0 unspecified atom stereocenters. The van der Waals surface area contributed by atoms with E-state index in [9.17, 15) is 0 Å². The molecule has 1 heterocycles. The highest BCUT2D eigenvalue weighted by Gasteiger charge is 2.22. The Morgan fingerprint density at radius 3 is 2.47 bits per heavy atom. The normalized spacial score (nSPS) is 11.4. The Bertz CT molecular complexity index is 416. The topological polar surface area (TPSA) is 82.3 Å². The number of nitrogens with two attached hydrogens (primary N) is 1. The molecule has 0 aliphatic heterocycles. The molecule has 0 radical (unpaired) electrons. The Balaban J connectivity index is 3.09. The van der Waals surface area contributed by atoms with Crippen LogP contribution in [0, 0.1) is 0 Å². The third-order valence-electron chi connectivity index (χ3n) is 2.46. The van der Waals surface area contributed by atoms with Gasteiger partial charge in [0.1, 0.15) is 11.5 Å². The molecule has 0 aliphatic rings. The van der Waals surface area contributed by atoms with Crippen molar-refractivity contribution in [1.82, 2.24) is 9.97 Å². The third-order valence-corrected chi connectivity index (χ3v) is 2.46. The lowest BCUT2D eigenvalue weighted by molar-refractivity contribution is 0.210. The van der Waals surface area contributed by atoms with Crippen LogP contribution in [-0.2, 0) is 10.2 Å². The second kappa shape index (κ2) is 6.56. The number of rotatable bonds is 6. The lowest BCUT2D eigenvalue weighted by atomic mass is 9.96. The van der Waals surface area contributed by atoms with Crippen LogP contribution in [0.1, 0.15) is 33.5 Å². The van der Waals surface area contributed by atoms with Crippen LogP contribution in [-0.4, -0.2) is 36.8 Å². The molecule has 0 atom stereocenters. The van der Waals surface area contributed by atoms with Crippen LogP contribution in [0.4, 0.5) is 11.5 Å². The van der Waals surface area contributed by atoms with Crippen molar-refractivity contribution in [1.29, 1.82) is 0 Å². The fourth-order valence-electron chi connectivity index (χ4n) is 1.44. The van der Waals surface area contributed by atoms with Gasteiger partial charge in [-0.05, 0) is 6.92 Å². The van der Waals surface area contributed by atoms with E-state index in [0.29, 0.717) is 43.0 Å². The molecule has 0 saturated carbocycles. The monoisotopic (exact) mass is 268 g/mol. The van der Waals surface area contributed by atoms with Gasteiger partial charge in [-0.25, -0.2) is 4.98 Å². The van der Waals surface area contributed by atoms with Crippen LogP contribution in [0.2, 0.25) is 0 Å². The highest BCUT2D eigenvalue weighted by molar-refractivity contribution is 5.67. The van der Waals surface area contributed by atoms with Crippen molar-refractivity contribution in [3.63, 3.8) is 0 Å². The SMILES string of the molecule is CCOc1nc(C(C)(C)C)nc(NCCOC)c1N. The Kier molecular flexibility index (Phi) is 5.35. The average Bonchev–Trinajstić information content (AvgIpc) is 2.32. The quantitative estimate of drug-likeness (QED) is 0.766. The fraction of sp³-hybridized carbons (Fsp3) is 0.692. The summed E-state index contributed by atoms with van der Waals surface area (Å²) in [6.45, 7) is 9.78. The number of methoxy groups -OCH3 is 1. The van der Waals surface area contributed by atoms with Gasteiger partial charge in [0.2, 0.25) is 5.88 Å². The second-order valence-electron chi connectivity index (χ2n) is 5.22. The highest BCUT2D eigenvalue weighted by atomic mass is 16.5. The van der Waals surface area contributed by atoms with Gasteiger partial charge in [-0.15, -0.1) is 0 Å². The van der Waals surface area contributed by atoms with Crippen LogP contribution < -0.4 is 15.8 Å². The van der Waals surface area contributed by atoms with Crippen LogP contribution in [0.25, 0.3) is 0 Å². The fourth-order valence-corrected chi connectivity index (χ4v) is 1.44. The number of nitrogens with zero attached hydrogens (tertiary/aromatic N) is 2.